The Morgan fingerprint density at radius 2 is 1.86 bits per heavy atom. The van der Waals surface area contributed by atoms with Crippen molar-refractivity contribution < 1.29 is 18.8 Å². The van der Waals surface area contributed by atoms with E-state index >= 15 is 0 Å². The predicted octanol–water partition coefficient (Wildman–Crippen LogP) is 3.88. The zero-order chi connectivity index (χ0) is 24.8. The fourth-order valence-corrected chi connectivity index (χ4v) is 4.51. The number of Topliss-reactive ketones (excluding diaryl/α,β-unsaturated/α-hetero) is 1. The van der Waals surface area contributed by atoms with Gasteiger partial charge >= 0.3 is 0 Å². The molecule has 7 heteroatoms. The molecule has 0 radical (unpaired) electrons. The van der Waals surface area contributed by atoms with Crippen molar-refractivity contribution in [3.8, 4) is 11.3 Å². The Morgan fingerprint density at radius 3 is 2.63 bits per heavy atom. The largest absolute Gasteiger partial charge is 0.451 e. The van der Waals surface area contributed by atoms with Crippen LogP contribution in [0.4, 0.5) is 0 Å². The number of ketones is 1. The van der Waals surface area contributed by atoms with Gasteiger partial charge in [-0.25, -0.2) is 0 Å². The van der Waals surface area contributed by atoms with Crippen LogP contribution in [-0.4, -0.2) is 47.7 Å². The molecule has 2 atom stereocenters. The van der Waals surface area contributed by atoms with Crippen LogP contribution in [0.5, 0.6) is 0 Å². The van der Waals surface area contributed by atoms with Gasteiger partial charge in [0, 0.05) is 12.1 Å². The number of nitrogens with one attached hydrogen (secondary N) is 2. The molecule has 4 rings (SSSR count). The molecule has 0 spiro atoms. The number of carbonyl (C=O) groups excluding carboxylic acids is 3. The zero-order valence-corrected chi connectivity index (χ0v) is 20.3. The summed E-state index contributed by atoms with van der Waals surface area (Å²) in [5.74, 6) is 0.148. The fraction of sp³-hybridized carbons (Fsp3) is 0.393. The highest BCUT2D eigenvalue weighted by Gasteiger charge is 2.30. The first-order chi connectivity index (χ1) is 16.9. The van der Waals surface area contributed by atoms with Crippen molar-refractivity contribution in [1.82, 2.24) is 15.5 Å². The van der Waals surface area contributed by atoms with Gasteiger partial charge in [0.25, 0.3) is 5.91 Å². The molecule has 2 heterocycles. The predicted molar refractivity (Wildman–Crippen MR) is 134 cm³/mol. The molecular weight excluding hydrogens is 442 g/mol. The summed E-state index contributed by atoms with van der Waals surface area (Å²) in [4.78, 5) is 41.2. The minimum atomic E-state index is -0.760. The van der Waals surface area contributed by atoms with E-state index in [1.165, 1.54) is 0 Å². The molecule has 2 N–H and O–H groups in total. The van der Waals surface area contributed by atoms with Crippen LogP contribution in [0, 0.1) is 5.92 Å². The van der Waals surface area contributed by atoms with E-state index in [-0.39, 0.29) is 23.4 Å². The average Bonchev–Trinajstić information content (AvgIpc) is 3.24. The van der Waals surface area contributed by atoms with Crippen molar-refractivity contribution in [2.24, 2.45) is 5.92 Å². The first-order valence-corrected chi connectivity index (χ1v) is 12.3. The van der Waals surface area contributed by atoms with Crippen molar-refractivity contribution in [2.75, 3.05) is 13.1 Å². The van der Waals surface area contributed by atoms with Crippen LogP contribution in [0.3, 0.4) is 0 Å². The van der Waals surface area contributed by atoms with Gasteiger partial charge in [0.05, 0.1) is 12.6 Å². The molecule has 2 amide bonds. The van der Waals surface area contributed by atoms with Crippen LogP contribution >= 0.6 is 0 Å². The molecule has 1 aromatic rings. The first-order valence-electron chi connectivity index (χ1n) is 12.3. The van der Waals surface area contributed by atoms with Crippen LogP contribution in [0.1, 0.15) is 49.2 Å². The minimum absolute atomic E-state index is 0.00179. The van der Waals surface area contributed by atoms with E-state index in [1.54, 1.807) is 12.1 Å². The Hall–Kier alpha value is -3.45. The van der Waals surface area contributed by atoms with Gasteiger partial charge in [-0.2, -0.15) is 0 Å². The number of likely N-dealkylation sites (tertiary alicyclic amines) is 1. The molecule has 1 unspecified atom stereocenters. The van der Waals surface area contributed by atoms with Crippen molar-refractivity contribution >= 4 is 17.6 Å². The van der Waals surface area contributed by atoms with E-state index < -0.39 is 18.0 Å². The molecular formula is C28H33N3O4. The van der Waals surface area contributed by atoms with Gasteiger partial charge < -0.3 is 15.1 Å². The third-order valence-corrected chi connectivity index (χ3v) is 6.30. The fourth-order valence-electron chi connectivity index (χ4n) is 4.51. The smallest absolute Gasteiger partial charge is 0.287 e. The van der Waals surface area contributed by atoms with E-state index in [0.29, 0.717) is 31.7 Å². The highest BCUT2D eigenvalue weighted by Crippen LogP contribution is 2.24. The van der Waals surface area contributed by atoms with Crippen molar-refractivity contribution in [1.29, 1.82) is 0 Å². The number of benzene rings is 1. The van der Waals surface area contributed by atoms with E-state index in [0.717, 1.165) is 24.1 Å². The van der Waals surface area contributed by atoms with Gasteiger partial charge in [0.1, 0.15) is 11.8 Å². The Balaban J connectivity index is 1.39. The summed E-state index contributed by atoms with van der Waals surface area (Å²) in [6, 6.07) is 17.7. The number of rotatable bonds is 8. The zero-order valence-electron chi connectivity index (χ0n) is 20.3. The van der Waals surface area contributed by atoms with Crippen LogP contribution in [0.15, 0.2) is 65.1 Å². The summed E-state index contributed by atoms with van der Waals surface area (Å²) in [6.07, 6.45) is 1.85. The van der Waals surface area contributed by atoms with Crippen molar-refractivity contribution in [2.45, 2.75) is 51.7 Å². The van der Waals surface area contributed by atoms with Gasteiger partial charge in [-0.05, 0) is 55.5 Å². The lowest BCUT2D eigenvalue weighted by Gasteiger charge is -2.23. The standard InChI is InChI=1S/C28H33N3O4/c1-19(2)16-23(30-28(34)26-14-13-21-10-6-12-25(21)35-26)27(33)29-22-11-7-15-31(18-24(22)32)17-20-8-4-3-5-9-20/h3-6,8-10,12-14,19,22-23H,7,11,15-18H2,1-2H3,(H,29,33)(H,30,34)/t22?,23-/m0/s1. The molecule has 1 aliphatic carbocycles. The number of fused-ring (bicyclic) bond motifs is 1. The molecule has 3 aliphatic rings. The average molecular weight is 476 g/mol. The molecule has 7 nitrogen and oxygen atoms in total. The molecule has 2 aliphatic heterocycles. The minimum Gasteiger partial charge on any atom is -0.451 e. The van der Waals surface area contributed by atoms with Gasteiger partial charge in [-0.3, -0.25) is 19.3 Å². The second-order valence-electron chi connectivity index (χ2n) is 9.67. The summed E-state index contributed by atoms with van der Waals surface area (Å²) in [7, 11) is 0. The molecule has 1 aromatic carbocycles. The number of hydrogen-bond donors (Lipinski definition) is 2. The summed E-state index contributed by atoms with van der Waals surface area (Å²) in [5.41, 5.74) is 2.07. The second kappa shape index (κ2) is 11.3. The Labute approximate surface area is 206 Å². The van der Waals surface area contributed by atoms with Crippen LogP contribution in [0.2, 0.25) is 0 Å². The molecule has 1 fully saturated rings. The van der Waals surface area contributed by atoms with Crippen molar-refractivity contribution in [3.05, 3.63) is 72.0 Å². The number of amides is 2. The summed E-state index contributed by atoms with van der Waals surface area (Å²) in [6.45, 7) is 5.77. The molecule has 35 heavy (non-hydrogen) atoms. The van der Waals surface area contributed by atoms with Gasteiger partial charge in [-0.15, -0.1) is 0 Å². The van der Waals surface area contributed by atoms with Crippen LogP contribution < -0.4 is 10.6 Å². The highest BCUT2D eigenvalue weighted by atomic mass is 16.3. The Morgan fingerprint density at radius 1 is 1.06 bits per heavy atom. The first kappa shape index (κ1) is 24.7. The Bertz CT molecular complexity index is 1120. The normalized spacial score (nSPS) is 17.8. The van der Waals surface area contributed by atoms with E-state index in [9.17, 15) is 14.4 Å². The molecule has 1 saturated heterocycles. The lowest BCUT2D eigenvalue weighted by Crippen LogP contribution is -2.52. The van der Waals surface area contributed by atoms with E-state index in [1.807, 2.05) is 50.2 Å². The maximum atomic E-state index is 13.2. The van der Waals surface area contributed by atoms with E-state index in [2.05, 4.69) is 27.7 Å². The quantitative estimate of drug-likeness (QED) is 0.516. The maximum Gasteiger partial charge on any atom is 0.287 e. The summed E-state index contributed by atoms with van der Waals surface area (Å²) in [5, 5.41) is 5.74. The third-order valence-electron chi connectivity index (χ3n) is 6.30. The molecule has 0 bridgehead atoms. The number of hydrogen-bond acceptors (Lipinski definition) is 5. The Kier molecular flexibility index (Phi) is 7.98. The topological polar surface area (TPSA) is 91.7 Å². The SMILES string of the molecule is CC(C)C[C@H](NC(=O)c1ccc2cccc-2o1)C(=O)NC1CCCN(Cc2ccccc2)CC1=O. The lowest BCUT2D eigenvalue weighted by atomic mass is 10.0. The monoisotopic (exact) mass is 475 g/mol. The molecule has 0 aromatic heterocycles. The maximum absolute atomic E-state index is 13.2. The van der Waals surface area contributed by atoms with Gasteiger partial charge in [0.2, 0.25) is 5.91 Å². The lowest BCUT2D eigenvalue weighted by molar-refractivity contribution is -0.129. The third kappa shape index (κ3) is 6.57. The number of carbonyl (C=O) groups is 3. The molecule has 0 saturated carbocycles. The summed E-state index contributed by atoms with van der Waals surface area (Å²) < 4.78 is 5.69. The summed E-state index contributed by atoms with van der Waals surface area (Å²) >= 11 is 0. The van der Waals surface area contributed by atoms with Gasteiger partial charge in [-0.1, -0.05) is 56.3 Å². The van der Waals surface area contributed by atoms with Gasteiger partial charge in [0.15, 0.2) is 11.5 Å². The van der Waals surface area contributed by atoms with E-state index in [4.69, 9.17) is 4.42 Å². The number of nitrogens with zero attached hydrogens (tertiary/aromatic N) is 1. The second-order valence-corrected chi connectivity index (χ2v) is 9.67. The highest BCUT2D eigenvalue weighted by molar-refractivity contribution is 5.97. The van der Waals surface area contributed by atoms with Crippen molar-refractivity contribution in [3.63, 3.8) is 0 Å². The van der Waals surface area contributed by atoms with Crippen LogP contribution in [0.25, 0.3) is 11.3 Å². The van der Waals surface area contributed by atoms with Crippen LogP contribution in [-0.2, 0) is 16.1 Å². The molecule has 184 valence electrons.